The van der Waals surface area contributed by atoms with Crippen LogP contribution in [0.5, 0.6) is 0 Å². The molecule has 0 heterocycles. The normalized spacial score (nSPS) is 17.8. The summed E-state index contributed by atoms with van der Waals surface area (Å²) in [5.74, 6) is 0.903. The van der Waals surface area contributed by atoms with Crippen LogP contribution in [0.2, 0.25) is 5.02 Å². The van der Waals surface area contributed by atoms with Crippen LogP contribution < -0.4 is 5.32 Å². The summed E-state index contributed by atoms with van der Waals surface area (Å²) in [6, 6.07) is 8.69. The number of rotatable bonds is 6. The fourth-order valence-corrected chi connectivity index (χ4v) is 2.73. The van der Waals surface area contributed by atoms with Gasteiger partial charge in [-0.15, -0.1) is 0 Å². The minimum absolute atomic E-state index is 0.439. The molecule has 1 fully saturated rings. The lowest BCUT2D eigenvalue weighted by atomic mass is 9.79. The summed E-state index contributed by atoms with van der Waals surface area (Å²) < 4.78 is 0. The van der Waals surface area contributed by atoms with E-state index in [0.29, 0.717) is 6.04 Å². The van der Waals surface area contributed by atoms with Gasteiger partial charge in [0.15, 0.2) is 0 Å². The molecule has 1 atom stereocenters. The molecule has 17 heavy (non-hydrogen) atoms. The van der Waals surface area contributed by atoms with E-state index in [2.05, 4.69) is 24.4 Å². The van der Waals surface area contributed by atoms with Gasteiger partial charge in [0.25, 0.3) is 0 Å². The van der Waals surface area contributed by atoms with E-state index >= 15 is 0 Å². The number of benzene rings is 1. The molecule has 1 N–H and O–H groups in total. The molecule has 1 saturated carbocycles. The predicted molar refractivity (Wildman–Crippen MR) is 74.4 cm³/mol. The van der Waals surface area contributed by atoms with Crippen molar-refractivity contribution in [3.8, 4) is 0 Å². The predicted octanol–water partition coefficient (Wildman–Crippen LogP) is 4.57. The number of hydrogen-bond donors (Lipinski definition) is 1. The minimum Gasteiger partial charge on any atom is -0.310 e. The van der Waals surface area contributed by atoms with Crippen molar-refractivity contribution in [1.29, 1.82) is 0 Å². The Bertz CT molecular complexity index is 347. The Morgan fingerprint density at radius 2 is 2.12 bits per heavy atom. The highest BCUT2D eigenvalue weighted by Gasteiger charge is 2.23. The third-order valence-corrected chi connectivity index (χ3v) is 4.06. The zero-order valence-electron chi connectivity index (χ0n) is 10.6. The largest absolute Gasteiger partial charge is 0.310 e. The second-order valence-electron chi connectivity index (χ2n) is 5.06. The molecule has 1 aromatic rings. The van der Waals surface area contributed by atoms with Crippen LogP contribution in [0.1, 0.15) is 50.6 Å². The average Bonchev–Trinajstić information content (AvgIpc) is 2.28. The molecule has 0 aliphatic heterocycles. The van der Waals surface area contributed by atoms with Crippen molar-refractivity contribution in [1.82, 2.24) is 5.32 Å². The van der Waals surface area contributed by atoms with Gasteiger partial charge in [-0.3, -0.25) is 0 Å². The lowest BCUT2D eigenvalue weighted by Gasteiger charge is -2.31. The van der Waals surface area contributed by atoms with Crippen molar-refractivity contribution >= 4 is 11.6 Å². The monoisotopic (exact) mass is 251 g/mol. The smallest absolute Gasteiger partial charge is 0.0453 e. The van der Waals surface area contributed by atoms with Gasteiger partial charge in [0.2, 0.25) is 0 Å². The van der Waals surface area contributed by atoms with Gasteiger partial charge in [-0.25, -0.2) is 0 Å². The van der Waals surface area contributed by atoms with Gasteiger partial charge in [-0.05, 0) is 36.9 Å². The van der Waals surface area contributed by atoms with Crippen LogP contribution in [-0.2, 0) is 0 Å². The van der Waals surface area contributed by atoms with Crippen molar-refractivity contribution in [3.05, 3.63) is 34.9 Å². The molecule has 0 aromatic heterocycles. The van der Waals surface area contributed by atoms with Crippen LogP contribution in [-0.4, -0.2) is 6.54 Å². The lowest BCUT2D eigenvalue weighted by Crippen LogP contribution is -2.26. The van der Waals surface area contributed by atoms with Crippen LogP contribution in [0.3, 0.4) is 0 Å². The van der Waals surface area contributed by atoms with Crippen molar-refractivity contribution in [3.63, 3.8) is 0 Å². The molecular weight excluding hydrogens is 230 g/mol. The summed E-state index contributed by atoms with van der Waals surface area (Å²) >= 11 is 6.30. The van der Waals surface area contributed by atoms with E-state index in [9.17, 15) is 0 Å². The molecule has 0 spiro atoms. The van der Waals surface area contributed by atoms with E-state index in [1.807, 2.05) is 12.1 Å². The van der Waals surface area contributed by atoms with Crippen LogP contribution in [0.4, 0.5) is 0 Å². The standard InChI is InChI=1S/C15H22ClN/c1-2-10-17-15(11-12-6-5-7-12)13-8-3-4-9-14(13)16/h3-4,8-9,12,15,17H,2,5-7,10-11H2,1H3. The number of hydrogen-bond acceptors (Lipinski definition) is 1. The van der Waals surface area contributed by atoms with Crippen molar-refractivity contribution in [2.75, 3.05) is 6.54 Å². The summed E-state index contributed by atoms with van der Waals surface area (Å²) in [4.78, 5) is 0. The van der Waals surface area contributed by atoms with Crippen LogP contribution in [0, 0.1) is 5.92 Å². The molecular formula is C15H22ClN. The fourth-order valence-electron chi connectivity index (χ4n) is 2.46. The molecule has 0 radical (unpaired) electrons. The molecule has 2 heteroatoms. The van der Waals surface area contributed by atoms with Gasteiger partial charge in [0.05, 0.1) is 0 Å². The third-order valence-electron chi connectivity index (χ3n) is 3.72. The highest BCUT2D eigenvalue weighted by atomic mass is 35.5. The molecule has 94 valence electrons. The van der Waals surface area contributed by atoms with Crippen molar-refractivity contribution in [2.24, 2.45) is 5.92 Å². The molecule has 1 aliphatic rings. The summed E-state index contributed by atoms with van der Waals surface area (Å²) in [5, 5.41) is 4.54. The first-order chi connectivity index (χ1) is 8.31. The summed E-state index contributed by atoms with van der Waals surface area (Å²) in [5.41, 5.74) is 1.27. The molecule has 1 aliphatic carbocycles. The first-order valence-corrected chi connectivity index (χ1v) is 7.17. The first kappa shape index (κ1) is 12.9. The van der Waals surface area contributed by atoms with Gasteiger partial charge >= 0.3 is 0 Å². The third kappa shape index (κ3) is 3.46. The maximum atomic E-state index is 6.30. The molecule has 0 amide bonds. The van der Waals surface area contributed by atoms with Gasteiger partial charge < -0.3 is 5.32 Å². The first-order valence-electron chi connectivity index (χ1n) is 6.79. The number of halogens is 1. The van der Waals surface area contributed by atoms with Crippen molar-refractivity contribution in [2.45, 2.75) is 45.1 Å². The maximum Gasteiger partial charge on any atom is 0.0453 e. The Balaban J connectivity index is 2.05. The highest BCUT2D eigenvalue weighted by molar-refractivity contribution is 6.31. The average molecular weight is 252 g/mol. The van der Waals surface area contributed by atoms with Crippen LogP contribution in [0.15, 0.2) is 24.3 Å². The second-order valence-corrected chi connectivity index (χ2v) is 5.47. The summed E-state index contributed by atoms with van der Waals surface area (Å²) in [6.07, 6.45) is 6.62. The summed E-state index contributed by atoms with van der Waals surface area (Å²) in [7, 11) is 0. The molecule has 1 unspecified atom stereocenters. The van der Waals surface area contributed by atoms with Crippen LogP contribution in [0.25, 0.3) is 0 Å². The van der Waals surface area contributed by atoms with E-state index in [0.717, 1.165) is 17.5 Å². The highest BCUT2D eigenvalue weighted by Crippen LogP contribution is 2.36. The number of nitrogens with one attached hydrogen (secondary N) is 1. The lowest BCUT2D eigenvalue weighted by molar-refractivity contribution is 0.261. The van der Waals surface area contributed by atoms with Gasteiger partial charge in [-0.1, -0.05) is 56.0 Å². The van der Waals surface area contributed by atoms with Gasteiger partial charge in [0.1, 0.15) is 0 Å². The van der Waals surface area contributed by atoms with E-state index in [1.54, 1.807) is 0 Å². The topological polar surface area (TPSA) is 12.0 Å². The van der Waals surface area contributed by atoms with E-state index < -0.39 is 0 Å². The Morgan fingerprint density at radius 3 is 2.71 bits per heavy atom. The Hall–Kier alpha value is -0.530. The maximum absolute atomic E-state index is 6.30. The second kappa shape index (κ2) is 6.42. The SMILES string of the molecule is CCCNC(CC1CCC1)c1ccccc1Cl. The van der Waals surface area contributed by atoms with E-state index in [4.69, 9.17) is 11.6 Å². The van der Waals surface area contributed by atoms with E-state index in [1.165, 1.54) is 37.7 Å². The molecule has 2 rings (SSSR count). The van der Waals surface area contributed by atoms with Crippen LogP contribution >= 0.6 is 11.6 Å². The Morgan fingerprint density at radius 1 is 1.35 bits per heavy atom. The molecule has 1 aromatic carbocycles. The molecule has 0 bridgehead atoms. The molecule has 0 saturated heterocycles. The quantitative estimate of drug-likeness (QED) is 0.781. The minimum atomic E-state index is 0.439. The zero-order valence-corrected chi connectivity index (χ0v) is 11.3. The van der Waals surface area contributed by atoms with E-state index in [-0.39, 0.29) is 0 Å². The summed E-state index contributed by atoms with van der Waals surface area (Å²) in [6.45, 7) is 3.28. The Kier molecular flexibility index (Phi) is 4.87. The zero-order chi connectivity index (χ0) is 12.1. The van der Waals surface area contributed by atoms with Crippen molar-refractivity contribution < 1.29 is 0 Å². The Labute approximate surface area is 110 Å². The molecule has 1 nitrogen and oxygen atoms in total. The van der Waals surface area contributed by atoms with Gasteiger partial charge in [-0.2, -0.15) is 0 Å². The fraction of sp³-hybridized carbons (Fsp3) is 0.600. The van der Waals surface area contributed by atoms with Gasteiger partial charge in [0, 0.05) is 11.1 Å².